The van der Waals surface area contributed by atoms with E-state index in [1.54, 1.807) is 0 Å². The fraction of sp³-hybridized carbons (Fsp3) is 1.00. The molecule has 0 bridgehead atoms. The van der Waals surface area contributed by atoms with Gasteiger partial charge in [-0.25, -0.2) is 0 Å². The average molecular weight is 466 g/mol. The van der Waals surface area contributed by atoms with E-state index >= 15 is 0 Å². The Kier molecular flexibility index (Phi) is 6.28. The Bertz CT molecular complexity index is 47.7. The van der Waals surface area contributed by atoms with Crippen molar-refractivity contribution in [1.82, 2.24) is 0 Å². The fourth-order valence-electron chi connectivity index (χ4n) is 0.0357. The summed E-state index contributed by atoms with van der Waals surface area (Å²) < 4.78 is 2.21. The molecule has 0 aromatic heterocycles. The van der Waals surface area contributed by atoms with Gasteiger partial charge in [-0.2, -0.15) is 0 Å². The van der Waals surface area contributed by atoms with Crippen LogP contribution in [0.1, 0.15) is 0 Å². The van der Waals surface area contributed by atoms with Crippen LogP contribution in [0.25, 0.3) is 0 Å². The maximum atomic E-state index is 3.61. The van der Waals surface area contributed by atoms with Crippen LogP contribution in [-0.2, 0) is 0 Å². The van der Waals surface area contributed by atoms with E-state index in [-0.39, 0.29) is 0 Å². The van der Waals surface area contributed by atoms with Crippen molar-refractivity contribution < 1.29 is 0 Å². The molecule has 0 aliphatic carbocycles. The monoisotopic (exact) mass is 464 g/mol. The summed E-state index contributed by atoms with van der Waals surface area (Å²) in [7, 11) is 0. The van der Waals surface area contributed by atoms with Gasteiger partial charge in [0.15, 0.2) is 0 Å². The van der Waals surface area contributed by atoms with Gasteiger partial charge in [-0.05, 0) is 0 Å². The number of halogens is 4. The van der Waals surface area contributed by atoms with Crippen LogP contribution in [-0.4, -0.2) is 20.6 Å². The summed E-state index contributed by atoms with van der Waals surface area (Å²) >= 11 is 12.2. The third-order valence-electron chi connectivity index (χ3n) is 0.391. The Labute approximate surface area is 76.4 Å². The van der Waals surface area contributed by atoms with E-state index in [0.717, 1.165) is 6.69 Å². The quantitative estimate of drug-likeness (QED) is 0.434. The first-order chi connectivity index (χ1) is 3.12. The summed E-state index contributed by atoms with van der Waals surface area (Å²) in [5, 5.41) is 0. The summed E-state index contributed by atoms with van der Waals surface area (Å²) in [6.07, 6.45) is 0. The van der Waals surface area contributed by atoms with Crippen LogP contribution < -0.4 is 0 Å². The number of rotatable bonds is 2. The van der Waals surface area contributed by atoms with Gasteiger partial charge in [0.1, 0.15) is 0 Å². The molecular formula is C2H4Br4Sn. The molecule has 0 rings (SSSR count). The molecule has 0 aliphatic heterocycles. The number of alkyl halides is 2. The molecule has 0 amide bonds. The zero-order valence-corrected chi connectivity index (χ0v) is 12.6. The van der Waals surface area contributed by atoms with Crippen molar-refractivity contribution in [3.05, 3.63) is 0 Å². The fourth-order valence-corrected chi connectivity index (χ4v) is 6.47. The van der Waals surface area contributed by atoms with E-state index in [1.165, 1.54) is 0 Å². The summed E-state index contributed by atoms with van der Waals surface area (Å²) in [5.74, 6) is 0. The van der Waals surface area contributed by atoms with Crippen LogP contribution in [0.4, 0.5) is 0 Å². The van der Waals surface area contributed by atoms with Gasteiger partial charge >= 0.3 is 77.9 Å². The first kappa shape index (κ1) is 9.72. The average Bonchev–Trinajstić information content (AvgIpc) is 1.68. The molecule has 0 saturated carbocycles. The molecule has 0 spiro atoms. The molecule has 0 aliphatic rings. The Hall–Kier alpha value is 2.72. The molecule has 0 atom stereocenters. The van der Waals surface area contributed by atoms with Crippen molar-refractivity contribution in [2.45, 2.75) is 0 Å². The van der Waals surface area contributed by atoms with Crippen LogP contribution in [0.15, 0.2) is 0 Å². The van der Waals surface area contributed by atoms with E-state index in [4.69, 9.17) is 0 Å². The first-order valence-corrected chi connectivity index (χ1v) is 20.7. The van der Waals surface area contributed by atoms with Crippen LogP contribution in [0, 0.1) is 0 Å². The molecule has 0 heterocycles. The second-order valence-corrected chi connectivity index (χ2v) is 42.6. The molecule has 0 saturated heterocycles. The number of hydrogen-bond acceptors (Lipinski definition) is 0. The Morgan fingerprint density at radius 1 is 1.00 bits per heavy atom. The molecule has 7 heavy (non-hydrogen) atoms. The van der Waals surface area contributed by atoms with Gasteiger partial charge in [0.2, 0.25) is 0 Å². The van der Waals surface area contributed by atoms with Crippen molar-refractivity contribution in [3.63, 3.8) is 0 Å². The SMILES string of the molecule is Br[CH2][Sn]([Br])([Br])[CH2]Br. The third-order valence-corrected chi connectivity index (χ3v) is 43.2. The van der Waals surface area contributed by atoms with Crippen molar-refractivity contribution in [2.75, 3.05) is 6.69 Å². The first-order valence-electron chi connectivity index (χ1n) is 1.62. The van der Waals surface area contributed by atoms with Crippen molar-refractivity contribution in [1.29, 1.82) is 0 Å². The maximum absolute atomic E-state index is 3.61. The zero-order valence-electron chi connectivity index (χ0n) is 3.43. The topological polar surface area (TPSA) is 0 Å². The molecule has 5 heteroatoms. The van der Waals surface area contributed by atoms with E-state index in [1.807, 2.05) is 0 Å². The van der Waals surface area contributed by atoms with Crippen molar-refractivity contribution in [2.24, 2.45) is 0 Å². The summed E-state index contributed by atoms with van der Waals surface area (Å²) in [4.78, 5) is 0. The summed E-state index contributed by atoms with van der Waals surface area (Å²) in [6, 6.07) is 0. The Morgan fingerprint density at radius 3 is 1.29 bits per heavy atom. The van der Waals surface area contributed by atoms with Crippen LogP contribution in [0.2, 0.25) is 0 Å². The second kappa shape index (κ2) is 4.52. The van der Waals surface area contributed by atoms with E-state index in [9.17, 15) is 0 Å². The number of hydrogen-bond donors (Lipinski definition) is 0. The van der Waals surface area contributed by atoms with Crippen molar-refractivity contribution >= 4 is 71.2 Å². The van der Waals surface area contributed by atoms with Crippen LogP contribution >= 0.6 is 57.3 Å². The molecule has 0 nitrogen and oxygen atoms in total. The Morgan fingerprint density at radius 2 is 1.29 bits per heavy atom. The van der Waals surface area contributed by atoms with Gasteiger partial charge in [0.05, 0.1) is 0 Å². The molecule has 0 fully saturated rings. The van der Waals surface area contributed by atoms with Gasteiger partial charge in [-0.1, -0.05) is 0 Å². The zero-order chi connectivity index (χ0) is 5.91. The minimum atomic E-state index is -1.82. The molecule has 0 radical (unpaired) electrons. The standard InChI is InChI=1S/2CH2Br.2BrH.Sn/c2*1-2;;;/h2*1H2;2*1H;/q;;;;+2/p-2. The molecule has 0 aromatic rings. The van der Waals surface area contributed by atoms with Crippen LogP contribution in [0.5, 0.6) is 0 Å². The summed E-state index contributed by atoms with van der Waals surface area (Å²) in [5.41, 5.74) is 0. The van der Waals surface area contributed by atoms with E-state index in [0.29, 0.717) is 0 Å². The predicted molar refractivity (Wildman–Crippen MR) is 51.2 cm³/mol. The van der Waals surface area contributed by atoms with Gasteiger partial charge in [-0.3, -0.25) is 0 Å². The summed E-state index contributed by atoms with van der Waals surface area (Å²) in [6.45, 7) is 0. The Balaban J connectivity index is 3.36. The van der Waals surface area contributed by atoms with Gasteiger partial charge in [0, 0.05) is 0 Å². The van der Waals surface area contributed by atoms with E-state index < -0.39 is 13.9 Å². The normalized spacial score (nSPS) is 12.0. The molecule has 0 unspecified atom stereocenters. The third kappa shape index (κ3) is 5.18. The molecule has 44 valence electrons. The van der Waals surface area contributed by atoms with Crippen LogP contribution in [0.3, 0.4) is 0 Å². The molecule has 0 N–H and O–H groups in total. The minimum absolute atomic E-state index is 1.10. The van der Waals surface area contributed by atoms with Crippen molar-refractivity contribution in [3.8, 4) is 0 Å². The van der Waals surface area contributed by atoms with Gasteiger partial charge in [-0.15, -0.1) is 0 Å². The van der Waals surface area contributed by atoms with Gasteiger partial charge in [0.25, 0.3) is 0 Å². The van der Waals surface area contributed by atoms with E-state index in [2.05, 4.69) is 57.3 Å². The second-order valence-electron chi connectivity index (χ2n) is 1.12. The van der Waals surface area contributed by atoms with Gasteiger partial charge < -0.3 is 0 Å². The predicted octanol–water partition coefficient (Wildman–Crippen LogP) is 3.09. The molecule has 0 aromatic carbocycles. The molecular weight excluding hydrogens is 462 g/mol.